The number of benzene rings is 2. The van der Waals surface area contributed by atoms with Gasteiger partial charge < -0.3 is 5.32 Å². The van der Waals surface area contributed by atoms with Crippen LogP contribution in [0.3, 0.4) is 0 Å². The third kappa shape index (κ3) is 3.35. The Morgan fingerprint density at radius 1 is 1.05 bits per heavy atom. The van der Waals surface area contributed by atoms with Crippen molar-refractivity contribution >= 4 is 40.0 Å². The van der Waals surface area contributed by atoms with Crippen LogP contribution >= 0.6 is 23.2 Å². The minimum absolute atomic E-state index is 0.0316. The molecule has 0 radical (unpaired) electrons. The van der Waals surface area contributed by atoms with E-state index >= 15 is 0 Å². The second-order valence-electron chi connectivity index (χ2n) is 3.93. The van der Waals surface area contributed by atoms with E-state index in [1.165, 1.54) is 36.4 Å². The first-order valence-corrected chi connectivity index (χ1v) is 6.29. The van der Waals surface area contributed by atoms with E-state index in [1.54, 1.807) is 0 Å². The monoisotopic (exact) mass is 311 g/mol. The summed E-state index contributed by atoms with van der Waals surface area (Å²) in [6.07, 6.45) is 0. The van der Waals surface area contributed by atoms with Crippen LogP contribution in [0.25, 0.3) is 0 Å². The first kappa shape index (κ1) is 14.5. The molecule has 0 atom stereocenters. The van der Waals surface area contributed by atoms with Crippen molar-refractivity contribution in [1.82, 2.24) is 0 Å². The highest BCUT2D eigenvalue weighted by molar-refractivity contribution is 6.67. The van der Waals surface area contributed by atoms with Crippen LogP contribution in [0.5, 0.6) is 0 Å². The summed E-state index contributed by atoms with van der Waals surface area (Å²) in [6.45, 7) is 0. The maximum atomic E-state index is 13.1. The van der Waals surface area contributed by atoms with E-state index in [1.807, 2.05) is 0 Å². The van der Waals surface area contributed by atoms with Crippen molar-refractivity contribution in [3.05, 3.63) is 64.4 Å². The average Bonchev–Trinajstić information content (AvgIpc) is 2.42. The number of amides is 1. The normalized spacial score (nSPS) is 10.2. The minimum Gasteiger partial charge on any atom is -0.322 e. The molecule has 3 nitrogen and oxygen atoms in total. The second kappa shape index (κ2) is 6.03. The van der Waals surface area contributed by atoms with Crippen LogP contribution in [0.15, 0.2) is 42.5 Å². The number of hydrogen-bond donors (Lipinski definition) is 1. The van der Waals surface area contributed by atoms with E-state index in [0.717, 1.165) is 6.07 Å². The van der Waals surface area contributed by atoms with Crippen molar-refractivity contribution in [2.75, 3.05) is 5.32 Å². The van der Waals surface area contributed by atoms with Gasteiger partial charge in [-0.2, -0.15) is 0 Å². The molecule has 102 valence electrons. The Morgan fingerprint density at radius 2 is 1.70 bits per heavy atom. The summed E-state index contributed by atoms with van der Waals surface area (Å²) in [5.74, 6) is -1.10. The first-order valence-electron chi connectivity index (χ1n) is 5.53. The summed E-state index contributed by atoms with van der Waals surface area (Å²) in [5.41, 5.74) is 0.787. The van der Waals surface area contributed by atoms with Crippen molar-refractivity contribution in [1.29, 1.82) is 0 Å². The van der Waals surface area contributed by atoms with Gasteiger partial charge in [-0.15, -0.1) is 0 Å². The molecule has 0 saturated heterocycles. The zero-order chi connectivity index (χ0) is 14.7. The van der Waals surface area contributed by atoms with E-state index in [-0.39, 0.29) is 10.6 Å². The number of hydrogen-bond acceptors (Lipinski definition) is 2. The van der Waals surface area contributed by atoms with Gasteiger partial charge in [0.15, 0.2) is 0 Å². The highest BCUT2D eigenvalue weighted by Crippen LogP contribution is 2.19. The van der Waals surface area contributed by atoms with Gasteiger partial charge in [0.2, 0.25) is 0 Å². The lowest BCUT2D eigenvalue weighted by molar-refractivity contribution is 0.102. The van der Waals surface area contributed by atoms with E-state index in [0.29, 0.717) is 11.3 Å². The Morgan fingerprint density at radius 3 is 2.30 bits per heavy atom. The summed E-state index contributed by atoms with van der Waals surface area (Å²) in [4.78, 5) is 22.9. The molecule has 0 fully saturated rings. The third-order valence-electron chi connectivity index (χ3n) is 2.54. The lowest BCUT2D eigenvalue weighted by Gasteiger charge is -2.07. The Hall–Kier alpha value is -1.91. The molecule has 0 aliphatic heterocycles. The van der Waals surface area contributed by atoms with Gasteiger partial charge in [-0.3, -0.25) is 9.59 Å². The first-order chi connectivity index (χ1) is 9.47. The number of anilines is 1. The van der Waals surface area contributed by atoms with Gasteiger partial charge in [0, 0.05) is 11.3 Å². The molecular formula is C14H8Cl2FNO2. The lowest BCUT2D eigenvalue weighted by Crippen LogP contribution is -2.12. The van der Waals surface area contributed by atoms with Gasteiger partial charge in [0.25, 0.3) is 11.1 Å². The highest BCUT2D eigenvalue weighted by Gasteiger charge is 2.12. The largest absolute Gasteiger partial charge is 0.322 e. The Labute approximate surface area is 124 Å². The summed E-state index contributed by atoms with van der Waals surface area (Å²) < 4.78 is 13.1. The molecular weight excluding hydrogens is 304 g/mol. The van der Waals surface area contributed by atoms with Crippen LogP contribution < -0.4 is 5.32 Å². The van der Waals surface area contributed by atoms with Crippen LogP contribution in [0.4, 0.5) is 10.1 Å². The maximum absolute atomic E-state index is 13.1. The Kier molecular flexibility index (Phi) is 4.37. The summed E-state index contributed by atoms with van der Waals surface area (Å²) in [7, 11) is 0. The fourth-order valence-electron chi connectivity index (χ4n) is 1.55. The predicted octanol–water partition coefficient (Wildman–Crippen LogP) is 4.11. The van der Waals surface area contributed by atoms with E-state index in [2.05, 4.69) is 5.32 Å². The number of halogens is 3. The molecule has 0 saturated carbocycles. The zero-order valence-corrected chi connectivity index (χ0v) is 11.5. The molecule has 1 N–H and O–H groups in total. The molecule has 0 aliphatic carbocycles. The predicted molar refractivity (Wildman–Crippen MR) is 76.0 cm³/mol. The summed E-state index contributed by atoms with van der Waals surface area (Å²) in [5, 5.41) is 2.11. The molecule has 0 aliphatic rings. The average molecular weight is 312 g/mol. The molecule has 0 bridgehead atoms. The molecule has 2 rings (SSSR count). The van der Waals surface area contributed by atoms with Crippen molar-refractivity contribution in [2.24, 2.45) is 0 Å². The van der Waals surface area contributed by atoms with Crippen molar-refractivity contribution in [3.63, 3.8) is 0 Å². The number of nitrogens with one attached hydrogen (secondary N) is 1. The van der Waals surface area contributed by atoms with Crippen molar-refractivity contribution < 1.29 is 14.0 Å². The fourth-order valence-corrected chi connectivity index (χ4v) is 1.88. The van der Waals surface area contributed by atoms with Gasteiger partial charge >= 0.3 is 0 Å². The van der Waals surface area contributed by atoms with Crippen LogP contribution in [-0.4, -0.2) is 11.1 Å². The maximum Gasteiger partial charge on any atom is 0.257 e. The van der Waals surface area contributed by atoms with Crippen molar-refractivity contribution in [3.8, 4) is 0 Å². The molecule has 20 heavy (non-hydrogen) atoms. The summed E-state index contributed by atoms with van der Waals surface area (Å²) >= 11 is 11.1. The number of rotatable bonds is 3. The van der Waals surface area contributed by atoms with Gasteiger partial charge in [-0.1, -0.05) is 11.6 Å². The zero-order valence-electron chi connectivity index (χ0n) is 9.99. The molecule has 1 amide bonds. The van der Waals surface area contributed by atoms with Gasteiger partial charge in [-0.25, -0.2) is 4.39 Å². The van der Waals surface area contributed by atoms with Crippen LogP contribution in [0, 0.1) is 5.82 Å². The number of carbonyl (C=O) groups excluding carboxylic acids is 2. The van der Waals surface area contributed by atoms with Gasteiger partial charge in [0.05, 0.1) is 10.6 Å². The second-order valence-corrected chi connectivity index (χ2v) is 4.68. The molecule has 0 heterocycles. The number of carbonyl (C=O) groups is 2. The fraction of sp³-hybridized carbons (Fsp3) is 0. The smallest absolute Gasteiger partial charge is 0.257 e. The molecule has 2 aromatic carbocycles. The SMILES string of the molecule is O=C(Cl)c1ccc(NC(=O)c2cc(F)ccc2Cl)cc1. The molecule has 2 aromatic rings. The standard InChI is InChI=1S/C14H8Cl2FNO2/c15-12-6-3-9(17)7-11(12)14(20)18-10-4-1-8(2-5-10)13(16)19/h1-7H,(H,18,20). The Balaban J connectivity index is 2.19. The van der Waals surface area contributed by atoms with Crippen LogP contribution in [-0.2, 0) is 0 Å². The van der Waals surface area contributed by atoms with Crippen molar-refractivity contribution in [2.45, 2.75) is 0 Å². The van der Waals surface area contributed by atoms with E-state index in [4.69, 9.17) is 23.2 Å². The van der Waals surface area contributed by atoms with E-state index in [9.17, 15) is 14.0 Å². The lowest BCUT2D eigenvalue weighted by atomic mass is 10.2. The molecule has 0 spiro atoms. The summed E-state index contributed by atoms with van der Waals surface area (Å²) in [6, 6.07) is 9.49. The quantitative estimate of drug-likeness (QED) is 0.867. The molecule has 0 unspecified atom stereocenters. The van der Waals surface area contributed by atoms with Gasteiger partial charge in [-0.05, 0) is 54.1 Å². The molecule has 0 aromatic heterocycles. The third-order valence-corrected chi connectivity index (χ3v) is 3.09. The van der Waals surface area contributed by atoms with Crippen LogP contribution in [0.2, 0.25) is 5.02 Å². The molecule has 6 heteroatoms. The van der Waals surface area contributed by atoms with E-state index < -0.39 is 17.0 Å². The van der Waals surface area contributed by atoms with Gasteiger partial charge in [0.1, 0.15) is 5.82 Å². The van der Waals surface area contributed by atoms with Crippen LogP contribution in [0.1, 0.15) is 20.7 Å². The Bertz CT molecular complexity index is 671. The highest BCUT2D eigenvalue weighted by atomic mass is 35.5. The minimum atomic E-state index is -0.587. The topological polar surface area (TPSA) is 46.2 Å².